The number of carbonyl (C=O) groups excluding carboxylic acids is 1. The Morgan fingerprint density at radius 1 is 1.11 bits per heavy atom. The molecule has 0 aromatic heterocycles. The predicted molar refractivity (Wildman–Crippen MR) is 196 cm³/mol. The van der Waals surface area contributed by atoms with Crippen LogP contribution in [0, 0.1) is 18.8 Å². The van der Waals surface area contributed by atoms with Gasteiger partial charge in [0.25, 0.3) is 0 Å². The predicted octanol–water partition coefficient (Wildman–Crippen LogP) is 8.16. The summed E-state index contributed by atoms with van der Waals surface area (Å²) < 4.78 is 8.50. The molecule has 2 aliphatic rings. The van der Waals surface area contributed by atoms with Gasteiger partial charge in [-0.05, 0) is 85.2 Å². The van der Waals surface area contributed by atoms with E-state index in [0.717, 1.165) is 67.4 Å². The van der Waals surface area contributed by atoms with Crippen LogP contribution in [0.1, 0.15) is 78.2 Å². The molecule has 0 unspecified atom stereocenters. The van der Waals surface area contributed by atoms with Gasteiger partial charge in [0.05, 0.1) is 0 Å². The molecule has 1 saturated carbocycles. The number of carbonyl (C=O) groups is 1. The van der Waals surface area contributed by atoms with Crippen molar-refractivity contribution in [3.63, 3.8) is 0 Å². The quantitative estimate of drug-likeness (QED) is 0.137. The van der Waals surface area contributed by atoms with Crippen LogP contribution in [0.15, 0.2) is 70.8 Å². The van der Waals surface area contributed by atoms with E-state index in [2.05, 4.69) is 60.8 Å². The van der Waals surface area contributed by atoms with Gasteiger partial charge < -0.3 is 24.8 Å². The van der Waals surface area contributed by atoms with E-state index in [1.807, 2.05) is 38.2 Å². The summed E-state index contributed by atoms with van der Waals surface area (Å²) in [4.78, 5) is 14.8. The van der Waals surface area contributed by atoms with E-state index < -0.39 is 9.39 Å². The number of aliphatic hydroxyl groups excluding tert-OH is 1. The first-order chi connectivity index (χ1) is 21.5. The molecule has 8 heteroatoms. The summed E-state index contributed by atoms with van der Waals surface area (Å²) in [5.41, 5.74) is 4.97. The highest BCUT2D eigenvalue weighted by atomic mass is 32.2. The number of nitrogens with one attached hydrogen (secondary N) is 1. The summed E-state index contributed by atoms with van der Waals surface area (Å²) in [6.45, 7) is 16.3. The zero-order valence-electron chi connectivity index (χ0n) is 28.9. The van der Waals surface area contributed by atoms with E-state index in [1.165, 1.54) is 55.9 Å². The maximum atomic E-state index is 8.81. The van der Waals surface area contributed by atoms with Crippen LogP contribution < -0.4 is 20.8 Å². The van der Waals surface area contributed by atoms with Crippen molar-refractivity contribution < 1.29 is 19.5 Å². The lowest BCUT2D eigenvalue weighted by atomic mass is 9.91. The van der Waals surface area contributed by atoms with Crippen LogP contribution in [0.5, 0.6) is 17.2 Å². The van der Waals surface area contributed by atoms with Gasteiger partial charge in [0.1, 0.15) is 17.8 Å². The average molecular weight is 642 g/mol. The Labute approximate surface area is 274 Å². The highest BCUT2D eigenvalue weighted by Gasteiger charge is 2.25. The summed E-state index contributed by atoms with van der Waals surface area (Å²) in [5, 5.41) is 10.4. The Morgan fingerprint density at radius 3 is 2.18 bits per heavy atom. The van der Waals surface area contributed by atoms with Gasteiger partial charge >= 0.3 is 0 Å². The molecule has 1 aliphatic carbocycles. The number of hydrogen-bond donors (Lipinski definition) is 3. The topological polar surface area (TPSA) is 97.0 Å². The third kappa shape index (κ3) is 13.1. The Hall–Kier alpha value is -3.04. The van der Waals surface area contributed by atoms with Gasteiger partial charge in [0.15, 0.2) is 5.75 Å². The van der Waals surface area contributed by atoms with Gasteiger partial charge in [0, 0.05) is 50.3 Å². The average Bonchev–Trinajstić information content (AvgIpc) is 3.55. The number of rotatable bonds is 10. The van der Waals surface area contributed by atoms with Crippen LogP contribution in [-0.4, -0.2) is 54.7 Å². The summed E-state index contributed by atoms with van der Waals surface area (Å²) in [6, 6.07) is 13.7. The number of nitrogens with two attached hydrogens (primary N) is 1. The van der Waals surface area contributed by atoms with E-state index in [-0.39, 0.29) is 0 Å². The molecule has 45 heavy (non-hydrogen) atoms. The van der Waals surface area contributed by atoms with Crippen molar-refractivity contribution in [1.29, 1.82) is 0 Å². The monoisotopic (exact) mass is 641 g/mol. The molecule has 252 valence electrons. The Kier molecular flexibility index (Phi) is 18.6. The van der Waals surface area contributed by atoms with E-state index in [4.69, 9.17) is 25.4 Å². The van der Waals surface area contributed by atoms with Crippen molar-refractivity contribution in [3.8, 4) is 17.2 Å². The Bertz CT molecular complexity index is 1310. The van der Waals surface area contributed by atoms with Gasteiger partial charge in [-0.3, -0.25) is 4.31 Å². The molecule has 0 bridgehead atoms. The second-order valence-electron chi connectivity index (χ2n) is 11.8. The molecule has 1 aliphatic heterocycles. The SMILES string of the molecule is C=C(CC1CCCC1)C1=C(NC)CCN(S(=C)(=C)c2ccc(Oc3cc(C)cc(ON)c3)cc2)C1.CC=O.CCC(C)C.CO. The summed E-state index contributed by atoms with van der Waals surface area (Å²) in [7, 11) is 1.37. The second-order valence-corrected chi connectivity index (χ2v) is 14.5. The van der Waals surface area contributed by atoms with Gasteiger partial charge in [-0.25, -0.2) is 0 Å². The minimum absolute atomic E-state index is 0.569. The number of hydrogen-bond acceptors (Lipinski definition) is 7. The van der Waals surface area contributed by atoms with Crippen LogP contribution in [0.4, 0.5) is 0 Å². The number of aldehydes is 1. The molecule has 7 nitrogen and oxygen atoms in total. The Morgan fingerprint density at radius 2 is 1.67 bits per heavy atom. The minimum atomic E-state index is -1.66. The zero-order valence-corrected chi connectivity index (χ0v) is 29.7. The summed E-state index contributed by atoms with van der Waals surface area (Å²) in [5.74, 6) is 18.2. The molecule has 0 atom stereocenters. The molecular weight excluding hydrogens is 582 g/mol. The van der Waals surface area contributed by atoms with Crippen LogP contribution in [0.3, 0.4) is 0 Å². The molecule has 0 amide bonds. The van der Waals surface area contributed by atoms with Crippen molar-refractivity contribution >= 4 is 27.4 Å². The fourth-order valence-electron chi connectivity index (χ4n) is 5.21. The van der Waals surface area contributed by atoms with Gasteiger partial charge in [0.2, 0.25) is 0 Å². The van der Waals surface area contributed by atoms with Crippen molar-refractivity contribution in [2.45, 2.75) is 84.5 Å². The summed E-state index contributed by atoms with van der Waals surface area (Å²) in [6.07, 6.45) is 9.52. The number of aryl methyl sites for hydroxylation is 1. The van der Waals surface area contributed by atoms with Crippen LogP contribution >= 0.6 is 9.39 Å². The largest absolute Gasteiger partial charge is 0.457 e. The number of nitrogens with zero attached hydrogens (tertiary/aromatic N) is 1. The first-order valence-corrected chi connectivity index (χ1v) is 17.8. The van der Waals surface area contributed by atoms with Crippen LogP contribution in [0.25, 0.3) is 0 Å². The van der Waals surface area contributed by atoms with E-state index in [9.17, 15) is 0 Å². The van der Waals surface area contributed by atoms with E-state index >= 15 is 0 Å². The second kappa shape index (κ2) is 20.9. The van der Waals surface area contributed by atoms with Crippen molar-refractivity contribution in [1.82, 2.24) is 9.62 Å². The third-order valence-electron chi connectivity index (χ3n) is 8.02. The standard InChI is InChI=1S/C29H39N3O2S.C5H12.C2H4O.CH4O/c1-21-16-25(19-26(17-21)34-30)33-24-10-12-27(13-11-24)35(4,5)32-15-14-29(31-3)28(20-32)22(2)18-23-8-6-7-9-23;1-4-5(2)3;1-2-3;1-2/h10-13,16-17,19,23,31H,2,4-9,14-15,18,20,30H2,1,3H3;5H,4H2,1-3H3;2H,1H3;2H,1H3. The van der Waals surface area contributed by atoms with Gasteiger partial charge in [-0.1, -0.05) is 71.2 Å². The van der Waals surface area contributed by atoms with Crippen molar-refractivity contribution in [3.05, 3.63) is 71.5 Å². The first-order valence-electron chi connectivity index (χ1n) is 15.9. The fraction of sp³-hybridized carbons (Fsp3) is 0.486. The number of aliphatic hydroxyl groups is 1. The molecular formula is C37H59N3O4S. The molecule has 1 fully saturated rings. The molecule has 2 aromatic carbocycles. The molecule has 0 spiro atoms. The maximum Gasteiger partial charge on any atom is 0.150 e. The lowest BCUT2D eigenvalue weighted by Gasteiger charge is -2.37. The summed E-state index contributed by atoms with van der Waals surface area (Å²) >= 11 is 0. The highest BCUT2D eigenvalue weighted by molar-refractivity contribution is 8.25. The molecule has 1 heterocycles. The van der Waals surface area contributed by atoms with Crippen LogP contribution in [-0.2, 0) is 4.79 Å². The Balaban J connectivity index is 0.000000893. The van der Waals surface area contributed by atoms with Crippen LogP contribution in [0.2, 0.25) is 0 Å². The number of ether oxygens (including phenoxy) is 1. The van der Waals surface area contributed by atoms with E-state index in [0.29, 0.717) is 11.5 Å². The van der Waals surface area contributed by atoms with Crippen molar-refractivity contribution in [2.24, 2.45) is 17.7 Å². The molecule has 4 N–H and O–H groups in total. The zero-order chi connectivity index (χ0) is 34.0. The third-order valence-corrected chi connectivity index (χ3v) is 10.5. The molecule has 2 aromatic rings. The highest BCUT2D eigenvalue weighted by Crippen LogP contribution is 2.42. The van der Waals surface area contributed by atoms with Gasteiger partial charge in [-0.2, -0.15) is 5.90 Å². The van der Waals surface area contributed by atoms with Crippen molar-refractivity contribution in [2.75, 3.05) is 27.2 Å². The van der Waals surface area contributed by atoms with Gasteiger partial charge in [-0.15, -0.1) is 9.39 Å². The maximum absolute atomic E-state index is 8.81. The first kappa shape index (κ1) is 40.0. The normalized spacial score (nSPS) is 15.1. The molecule has 4 rings (SSSR count). The minimum Gasteiger partial charge on any atom is -0.457 e. The molecule has 0 saturated heterocycles. The van der Waals surface area contributed by atoms with E-state index in [1.54, 1.807) is 6.07 Å². The number of benzene rings is 2. The lowest BCUT2D eigenvalue weighted by molar-refractivity contribution is -0.106. The fourth-order valence-corrected chi connectivity index (χ4v) is 6.97. The molecule has 0 radical (unpaired) electrons. The lowest BCUT2D eigenvalue weighted by Crippen LogP contribution is -2.33. The smallest absolute Gasteiger partial charge is 0.150 e.